The molecule has 282 valence electrons. The summed E-state index contributed by atoms with van der Waals surface area (Å²) in [4.78, 5) is 30.1. The van der Waals surface area contributed by atoms with Crippen molar-refractivity contribution in [2.24, 2.45) is 0 Å². The normalized spacial score (nSPS) is 36.2. The minimum Gasteiger partial charge on any atom is -0.504 e. The number of hydrogen-bond donors (Lipinski definition) is 4. The van der Waals surface area contributed by atoms with Crippen molar-refractivity contribution in [2.45, 2.75) is 97.7 Å². The van der Waals surface area contributed by atoms with Crippen LogP contribution in [-0.2, 0) is 33.3 Å². The van der Waals surface area contributed by atoms with Crippen LogP contribution in [0.15, 0.2) is 62.2 Å². The summed E-state index contributed by atoms with van der Waals surface area (Å²) in [5.41, 5.74) is 0.797. The molecule has 2 unspecified atom stereocenters. The zero-order valence-corrected chi connectivity index (χ0v) is 30.4. The van der Waals surface area contributed by atoms with Crippen LogP contribution in [0, 0.1) is 0 Å². The van der Waals surface area contributed by atoms with E-state index in [0.29, 0.717) is 68.8 Å². The third kappa shape index (κ3) is 4.51. The summed E-state index contributed by atoms with van der Waals surface area (Å²) in [6, 6.07) is 7.49. The summed E-state index contributed by atoms with van der Waals surface area (Å²) in [7, 11) is 1.00. The number of Topliss-reactive ketones (excluding diaryl/α,β-unsaturated/α-hetero) is 2. The Hall–Kier alpha value is -4.00. The van der Waals surface area contributed by atoms with Gasteiger partial charge in [-0.2, -0.15) is 0 Å². The number of aliphatic hydroxyl groups is 3. The quantitative estimate of drug-likeness (QED) is 0.312. The molecule has 2 aromatic carbocycles. The van der Waals surface area contributed by atoms with Gasteiger partial charge in [-0.1, -0.05) is 36.9 Å². The lowest BCUT2D eigenvalue weighted by Crippen LogP contribution is -2.76. The van der Waals surface area contributed by atoms with Gasteiger partial charge in [0.25, 0.3) is 0 Å². The van der Waals surface area contributed by atoms with Crippen LogP contribution in [-0.4, -0.2) is 117 Å². The first kappa shape index (κ1) is 36.0. The summed E-state index contributed by atoms with van der Waals surface area (Å²) in [5, 5.41) is 41.1. The zero-order valence-electron chi connectivity index (χ0n) is 30.4. The Morgan fingerprint density at radius 2 is 1.25 bits per heavy atom. The highest BCUT2D eigenvalue weighted by Gasteiger charge is 2.74. The fourth-order valence-electron chi connectivity index (χ4n) is 11.8. The Morgan fingerprint density at radius 1 is 0.755 bits per heavy atom. The number of hydrogen-bond acceptors (Lipinski definition) is 11. The van der Waals surface area contributed by atoms with E-state index in [1.807, 2.05) is 24.3 Å². The molecular weight excluding hydrogens is 676 g/mol. The van der Waals surface area contributed by atoms with Crippen LogP contribution >= 0.6 is 0 Å². The Balaban J connectivity index is 0.000000145. The molecule has 53 heavy (non-hydrogen) atoms. The van der Waals surface area contributed by atoms with Gasteiger partial charge in [0.05, 0.1) is 22.0 Å². The molecular formula is C42H50N2O9. The summed E-state index contributed by atoms with van der Waals surface area (Å²) >= 11 is 0. The van der Waals surface area contributed by atoms with Crippen LogP contribution in [0.25, 0.3) is 0 Å². The SMILES string of the molecule is C=CCN1CC[C@]23c4c5ccc(O)c4O[C@H]2C(=O)CCC3(O)[C@H]1C5.C=CCOc1ccc2c3c1O[C@H]1C(=O)CCC4(O)[C@@H](C2)N(CC=C)CC[C@]314.CO. The molecule has 4 bridgehead atoms. The van der Waals surface area contributed by atoms with E-state index in [1.54, 1.807) is 12.1 Å². The molecule has 0 radical (unpaired) electrons. The van der Waals surface area contributed by atoms with Gasteiger partial charge in [0, 0.05) is 69.3 Å². The number of likely N-dealkylation sites (tertiary alicyclic amines) is 2. The first-order valence-electron chi connectivity index (χ1n) is 18.8. The predicted molar refractivity (Wildman–Crippen MR) is 197 cm³/mol. The number of phenols is 1. The summed E-state index contributed by atoms with van der Waals surface area (Å²) in [5.74, 6) is 1.91. The number of nitrogens with zero attached hydrogens (tertiary/aromatic N) is 2. The Kier molecular flexibility index (Phi) is 8.70. The molecule has 8 aliphatic rings. The topological polar surface area (TPSA) is 149 Å². The molecule has 4 N–H and O–H groups in total. The number of rotatable bonds is 7. The number of carbonyl (C=O) groups excluding carboxylic acids is 2. The summed E-state index contributed by atoms with van der Waals surface area (Å²) in [6.07, 6.45) is 8.61. The van der Waals surface area contributed by atoms with Crippen molar-refractivity contribution in [1.29, 1.82) is 0 Å². The Labute approximate surface area is 310 Å². The van der Waals surface area contributed by atoms with Crippen molar-refractivity contribution < 1.29 is 44.2 Å². The number of piperidine rings is 2. The monoisotopic (exact) mass is 726 g/mol. The van der Waals surface area contributed by atoms with E-state index in [9.17, 15) is 24.9 Å². The Morgan fingerprint density at radius 3 is 1.75 bits per heavy atom. The minimum atomic E-state index is -1.00. The molecule has 11 heteroatoms. The standard InChI is InChI=1S/C22H25NO4.C19H21NO4.CH4O/c1-3-10-23-11-9-21-18-14-5-6-16(26-12-4-2)19(18)27-20(21)15(24)7-8-22(21,25)17(23)13-14;1-2-8-20-9-7-18-15-11-3-4-12(21)16(15)24-17(18)13(22)5-6-19(18,23)14(20)10-11;1-2/h3-6,17,20,25H,1-2,7-13H2;2-4,14,17,21,23H,1,5-10H2;2H,1H3/t17-,20+,21+,22?;14-,17+,18+,19?;/m11./s1. The Bertz CT molecular complexity index is 1900. The largest absolute Gasteiger partial charge is 0.504 e. The molecule has 4 aliphatic heterocycles. The molecule has 4 aliphatic carbocycles. The van der Waals surface area contributed by atoms with Gasteiger partial charge in [0.2, 0.25) is 0 Å². The number of ether oxygens (including phenoxy) is 3. The van der Waals surface area contributed by atoms with Crippen molar-refractivity contribution in [1.82, 2.24) is 9.80 Å². The van der Waals surface area contributed by atoms with Crippen molar-refractivity contribution in [3.63, 3.8) is 0 Å². The van der Waals surface area contributed by atoms with Crippen molar-refractivity contribution in [3.8, 4) is 23.0 Å². The number of carbonyl (C=O) groups is 2. The number of aromatic hydroxyl groups is 1. The highest BCUT2D eigenvalue weighted by atomic mass is 16.5. The number of ketones is 2. The fraction of sp³-hybridized carbons (Fsp3) is 0.524. The van der Waals surface area contributed by atoms with Crippen LogP contribution in [0.1, 0.15) is 60.8 Å². The molecule has 2 aromatic rings. The molecule has 10 rings (SSSR count). The van der Waals surface area contributed by atoms with E-state index in [0.717, 1.165) is 62.0 Å². The van der Waals surface area contributed by atoms with Crippen molar-refractivity contribution in [3.05, 3.63) is 84.5 Å². The zero-order chi connectivity index (χ0) is 37.5. The third-order valence-corrected chi connectivity index (χ3v) is 13.8. The first-order chi connectivity index (χ1) is 25.6. The highest BCUT2D eigenvalue weighted by Crippen LogP contribution is 2.66. The molecule has 4 heterocycles. The first-order valence-corrected chi connectivity index (χ1v) is 18.8. The van der Waals surface area contributed by atoms with E-state index in [4.69, 9.17) is 19.3 Å². The van der Waals surface area contributed by atoms with Crippen LogP contribution in [0.5, 0.6) is 23.0 Å². The molecule has 0 aromatic heterocycles. The number of phenolic OH excluding ortho intramolecular Hbond substituents is 1. The van der Waals surface area contributed by atoms with Crippen LogP contribution in [0.4, 0.5) is 0 Å². The smallest absolute Gasteiger partial charge is 0.174 e. The summed E-state index contributed by atoms with van der Waals surface area (Å²) in [6.45, 7) is 14.9. The molecule has 2 spiro atoms. The minimum absolute atomic E-state index is 0.0261. The van der Waals surface area contributed by atoms with Gasteiger partial charge >= 0.3 is 0 Å². The van der Waals surface area contributed by atoms with Crippen LogP contribution in [0.2, 0.25) is 0 Å². The van der Waals surface area contributed by atoms with Gasteiger partial charge in [-0.15, -0.1) is 13.2 Å². The van der Waals surface area contributed by atoms with E-state index < -0.39 is 34.2 Å². The maximum atomic E-state index is 12.9. The third-order valence-electron chi connectivity index (χ3n) is 13.8. The van der Waals surface area contributed by atoms with E-state index in [2.05, 4.69) is 35.6 Å². The fourth-order valence-corrected chi connectivity index (χ4v) is 11.8. The molecule has 8 atom stereocenters. The van der Waals surface area contributed by atoms with Gasteiger partial charge in [-0.3, -0.25) is 19.4 Å². The molecule has 2 saturated carbocycles. The molecule has 2 saturated heterocycles. The second kappa shape index (κ2) is 12.8. The molecule has 4 fully saturated rings. The number of benzene rings is 2. The highest BCUT2D eigenvalue weighted by molar-refractivity contribution is 5.91. The number of aliphatic hydroxyl groups excluding tert-OH is 1. The maximum absolute atomic E-state index is 12.9. The average Bonchev–Trinajstić information content (AvgIpc) is 3.71. The lowest BCUT2D eigenvalue weighted by molar-refractivity contribution is -0.187. The van der Waals surface area contributed by atoms with Gasteiger partial charge in [0.1, 0.15) is 6.61 Å². The van der Waals surface area contributed by atoms with Gasteiger partial charge in [-0.25, -0.2) is 0 Å². The predicted octanol–water partition coefficient (Wildman–Crippen LogP) is 3.07. The molecule has 0 amide bonds. The van der Waals surface area contributed by atoms with Crippen molar-refractivity contribution in [2.75, 3.05) is 39.9 Å². The van der Waals surface area contributed by atoms with E-state index in [-0.39, 0.29) is 29.4 Å². The average molecular weight is 727 g/mol. The van der Waals surface area contributed by atoms with E-state index >= 15 is 0 Å². The second-order valence-electron chi connectivity index (χ2n) is 15.7. The van der Waals surface area contributed by atoms with Crippen molar-refractivity contribution >= 4 is 11.6 Å². The van der Waals surface area contributed by atoms with E-state index in [1.165, 1.54) is 0 Å². The lowest BCUT2D eigenvalue weighted by atomic mass is 9.49. The van der Waals surface area contributed by atoms with Gasteiger partial charge in [-0.05, 0) is 61.8 Å². The second-order valence-corrected chi connectivity index (χ2v) is 15.7. The maximum Gasteiger partial charge on any atom is 0.174 e. The van der Waals surface area contributed by atoms with Crippen LogP contribution < -0.4 is 14.2 Å². The van der Waals surface area contributed by atoms with Gasteiger partial charge in [0.15, 0.2) is 46.8 Å². The molecule has 11 nitrogen and oxygen atoms in total. The lowest BCUT2D eigenvalue weighted by Gasteiger charge is -2.62. The van der Waals surface area contributed by atoms with Crippen LogP contribution in [0.3, 0.4) is 0 Å². The summed E-state index contributed by atoms with van der Waals surface area (Å²) < 4.78 is 18.1. The van der Waals surface area contributed by atoms with Gasteiger partial charge < -0.3 is 34.6 Å².